The number of rotatable bonds is 4. The third-order valence-electron chi connectivity index (χ3n) is 4.25. The van der Waals surface area contributed by atoms with E-state index < -0.39 is 0 Å². The topological polar surface area (TPSA) is 21.3 Å². The fraction of sp³-hybridized carbons (Fsp3) is 0.333. The molecule has 0 saturated carbocycles. The SMILES string of the molecule is COc1ccc2c(c1)C(NC(C)c1ccc(F)cc1)CC2. The lowest BCUT2D eigenvalue weighted by molar-refractivity contribution is 0.412. The number of halogens is 1. The van der Waals surface area contributed by atoms with Gasteiger partial charge < -0.3 is 10.1 Å². The van der Waals surface area contributed by atoms with E-state index in [-0.39, 0.29) is 11.9 Å². The van der Waals surface area contributed by atoms with Gasteiger partial charge in [0.2, 0.25) is 0 Å². The Kier molecular flexibility index (Phi) is 3.93. The maximum Gasteiger partial charge on any atom is 0.123 e. The van der Waals surface area contributed by atoms with Crippen LogP contribution in [0.15, 0.2) is 42.5 Å². The summed E-state index contributed by atoms with van der Waals surface area (Å²) >= 11 is 0. The van der Waals surface area contributed by atoms with Crippen molar-refractivity contribution in [1.29, 1.82) is 0 Å². The van der Waals surface area contributed by atoms with Gasteiger partial charge in [0.1, 0.15) is 11.6 Å². The molecule has 0 radical (unpaired) electrons. The van der Waals surface area contributed by atoms with E-state index in [4.69, 9.17) is 4.74 Å². The Labute approximate surface area is 125 Å². The Morgan fingerprint density at radius 3 is 2.67 bits per heavy atom. The zero-order valence-corrected chi connectivity index (χ0v) is 12.4. The first-order valence-corrected chi connectivity index (χ1v) is 7.35. The standard InChI is InChI=1S/C18H20FNO/c1-12(13-3-7-15(19)8-4-13)20-18-10-6-14-5-9-16(21-2)11-17(14)18/h3-5,7-9,11-12,18,20H,6,10H2,1-2H3. The van der Waals surface area contributed by atoms with Gasteiger partial charge in [-0.15, -0.1) is 0 Å². The number of ether oxygens (including phenoxy) is 1. The average Bonchev–Trinajstić information content (AvgIpc) is 2.90. The van der Waals surface area contributed by atoms with Crippen molar-refractivity contribution in [3.63, 3.8) is 0 Å². The predicted molar refractivity (Wildman–Crippen MR) is 82.0 cm³/mol. The molecule has 2 aromatic rings. The number of methoxy groups -OCH3 is 1. The fourth-order valence-electron chi connectivity index (χ4n) is 3.03. The van der Waals surface area contributed by atoms with E-state index in [0.717, 1.165) is 24.2 Å². The van der Waals surface area contributed by atoms with Crippen molar-refractivity contribution in [2.24, 2.45) is 0 Å². The van der Waals surface area contributed by atoms with E-state index in [1.54, 1.807) is 7.11 Å². The highest BCUT2D eigenvalue weighted by molar-refractivity contribution is 5.41. The van der Waals surface area contributed by atoms with E-state index in [1.807, 2.05) is 18.2 Å². The number of hydrogen-bond acceptors (Lipinski definition) is 2. The summed E-state index contributed by atoms with van der Waals surface area (Å²) in [6.45, 7) is 2.12. The zero-order chi connectivity index (χ0) is 14.8. The molecule has 0 spiro atoms. The lowest BCUT2D eigenvalue weighted by atomic mass is 10.0. The molecule has 2 aromatic carbocycles. The first-order chi connectivity index (χ1) is 10.2. The summed E-state index contributed by atoms with van der Waals surface area (Å²) in [5.74, 6) is 0.707. The second-order valence-corrected chi connectivity index (χ2v) is 5.60. The minimum absolute atomic E-state index is 0.188. The molecule has 3 heteroatoms. The summed E-state index contributed by atoms with van der Waals surface area (Å²) in [5.41, 5.74) is 3.82. The van der Waals surface area contributed by atoms with Crippen LogP contribution in [0.2, 0.25) is 0 Å². The van der Waals surface area contributed by atoms with E-state index in [2.05, 4.69) is 24.4 Å². The number of fused-ring (bicyclic) bond motifs is 1. The molecule has 2 atom stereocenters. The van der Waals surface area contributed by atoms with Crippen molar-refractivity contribution in [2.75, 3.05) is 7.11 Å². The van der Waals surface area contributed by atoms with Crippen molar-refractivity contribution in [3.05, 3.63) is 65.0 Å². The first-order valence-electron chi connectivity index (χ1n) is 7.35. The minimum atomic E-state index is -0.193. The lowest BCUT2D eigenvalue weighted by Gasteiger charge is -2.21. The molecule has 0 amide bonds. The predicted octanol–water partition coefficient (Wildman–Crippen LogP) is 4.17. The summed E-state index contributed by atoms with van der Waals surface area (Å²) in [4.78, 5) is 0. The van der Waals surface area contributed by atoms with Gasteiger partial charge in [-0.25, -0.2) is 4.39 Å². The Bertz CT molecular complexity index is 624. The first kappa shape index (κ1) is 14.1. The van der Waals surface area contributed by atoms with Crippen LogP contribution in [0.1, 0.15) is 42.1 Å². The van der Waals surface area contributed by atoms with Gasteiger partial charge in [0.05, 0.1) is 7.11 Å². The Balaban J connectivity index is 1.76. The molecule has 0 heterocycles. The maximum atomic E-state index is 13.0. The van der Waals surface area contributed by atoms with Crippen molar-refractivity contribution >= 4 is 0 Å². The number of aryl methyl sites for hydroxylation is 1. The van der Waals surface area contributed by atoms with Crippen LogP contribution in [0.5, 0.6) is 5.75 Å². The Hall–Kier alpha value is -1.87. The fourth-order valence-corrected chi connectivity index (χ4v) is 3.03. The smallest absolute Gasteiger partial charge is 0.123 e. The molecule has 3 rings (SSSR count). The van der Waals surface area contributed by atoms with Gasteiger partial charge in [-0.05, 0) is 60.7 Å². The molecule has 1 N–H and O–H groups in total. The summed E-state index contributed by atoms with van der Waals surface area (Å²) in [6.07, 6.45) is 2.18. The van der Waals surface area contributed by atoms with Gasteiger partial charge >= 0.3 is 0 Å². The number of nitrogens with one attached hydrogen (secondary N) is 1. The Morgan fingerprint density at radius 2 is 1.95 bits per heavy atom. The molecule has 1 aliphatic rings. The summed E-state index contributed by atoms with van der Waals surface area (Å²) in [7, 11) is 1.69. The summed E-state index contributed by atoms with van der Waals surface area (Å²) < 4.78 is 18.3. The van der Waals surface area contributed by atoms with E-state index >= 15 is 0 Å². The van der Waals surface area contributed by atoms with Gasteiger partial charge in [0.15, 0.2) is 0 Å². The zero-order valence-electron chi connectivity index (χ0n) is 12.4. The van der Waals surface area contributed by atoms with Gasteiger partial charge in [-0.3, -0.25) is 0 Å². The third-order valence-corrected chi connectivity index (χ3v) is 4.25. The largest absolute Gasteiger partial charge is 0.497 e. The Morgan fingerprint density at radius 1 is 1.19 bits per heavy atom. The average molecular weight is 285 g/mol. The molecule has 0 saturated heterocycles. The van der Waals surface area contributed by atoms with Crippen LogP contribution in [0.4, 0.5) is 4.39 Å². The van der Waals surface area contributed by atoms with Crippen LogP contribution in [0.3, 0.4) is 0 Å². The van der Waals surface area contributed by atoms with E-state index in [1.165, 1.54) is 23.3 Å². The number of hydrogen-bond donors (Lipinski definition) is 1. The highest BCUT2D eigenvalue weighted by atomic mass is 19.1. The van der Waals surface area contributed by atoms with Crippen LogP contribution in [-0.4, -0.2) is 7.11 Å². The highest BCUT2D eigenvalue weighted by Gasteiger charge is 2.24. The lowest BCUT2D eigenvalue weighted by Crippen LogP contribution is -2.23. The molecule has 0 aliphatic heterocycles. The molecule has 2 nitrogen and oxygen atoms in total. The maximum absolute atomic E-state index is 13.0. The van der Waals surface area contributed by atoms with Crippen LogP contribution >= 0.6 is 0 Å². The van der Waals surface area contributed by atoms with Crippen molar-refractivity contribution in [3.8, 4) is 5.75 Å². The second-order valence-electron chi connectivity index (χ2n) is 5.60. The summed E-state index contributed by atoms with van der Waals surface area (Å²) in [5, 5.41) is 3.64. The van der Waals surface area contributed by atoms with Gasteiger partial charge in [-0.1, -0.05) is 18.2 Å². The molecular weight excluding hydrogens is 265 g/mol. The molecule has 0 bridgehead atoms. The van der Waals surface area contributed by atoms with Crippen molar-refractivity contribution in [2.45, 2.75) is 31.8 Å². The minimum Gasteiger partial charge on any atom is -0.497 e. The monoisotopic (exact) mass is 285 g/mol. The van der Waals surface area contributed by atoms with Crippen LogP contribution < -0.4 is 10.1 Å². The quantitative estimate of drug-likeness (QED) is 0.910. The normalized spacial score (nSPS) is 18.3. The van der Waals surface area contributed by atoms with E-state index in [0.29, 0.717) is 6.04 Å². The summed E-state index contributed by atoms with van der Waals surface area (Å²) in [6, 6.07) is 13.5. The van der Waals surface area contributed by atoms with Gasteiger partial charge in [0.25, 0.3) is 0 Å². The molecule has 21 heavy (non-hydrogen) atoms. The van der Waals surface area contributed by atoms with Crippen LogP contribution in [0, 0.1) is 5.82 Å². The molecule has 2 unspecified atom stereocenters. The van der Waals surface area contributed by atoms with Crippen molar-refractivity contribution in [1.82, 2.24) is 5.32 Å². The van der Waals surface area contributed by atoms with Crippen LogP contribution in [0.25, 0.3) is 0 Å². The third kappa shape index (κ3) is 2.93. The van der Waals surface area contributed by atoms with Gasteiger partial charge in [0, 0.05) is 12.1 Å². The van der Waals surface area contributed by atoms with Gasteiger partial charge in [-0.2, -0.15) is 0 Å². The molecule has 0 fully saturated rings. The second kappa shape index (κ2) is 5.86. The van der Waals surface area contributed by atoms with Crippen LogP contribution in [-0.2, 0) is 6.42 Å². The number of benzene rings is 2. The molecule has 1 aliphatic carbocycles. The highest BCUT2D eigenvalue weighted by Crippen LogP contribution is 2.35. The molecular formula is C18H20FNO. The van der Waals surface area contributed by atoms with E-state index in [9.17, 15) is 4.39 Å². The van der Waals surface area contributed by atoms with Crippen molar-refractivity contribution < 1.29 is 9.13 Å². The molecule has 110 valence electrons. The molecule has 0 aromatic heterocycles.